The minimum absolute atomic E-state index is 0.146. The van der Waals surface area contributed by atoms with Gasteiger partial charge in [0.05, 0.1) is 5.56 Å². The fourth-order valence-corrected chi connectivity index (χ4v) is 2.88. The van der Waals surface area contributed by atoms with Gasteiger partial charge in [0, 0.05) is 56.3 Å². The van der Waals surface area contributed by atoms with Crippen LogP contribution in [-0.2, 0) is 11.3 Å². The fraction of sp³-hybridized carbons (Fsp3) is 0.444. The van der Waals surface area contributed by atoms with Crippen LogP contribution in [0.5, 0.6) is 0 Å². The van der Waals surface area contributed by atoms with Crippen molar-refractivity contribution in [2.24, 2.45) is 5.73 Å². The van der Waals surface area contributed by atoms with Crippen molar-refractivity contribution in [2.75, 3.05) is 25.5 Å². The quantitative estimate of drug-likeness (QED) is 0.606. The van der Waals surface area contributed by atoms with Crippen molar-refractivity contribution in [2.45, 2.75) is 31.4 Å². The van der Waals surface area contributed by atoms with Gasteiger partial charge in [0.1, 0.15) is 12.4 Å². The molecular formula is C18H24N6O2. The van der Waals surface area contributed by atoms with Crippen molar-refractivity contribution < 1.29 is 9.53 Å². The van der Waals surface area contributed by atoms with E-state index in [9.17, 15) is 4.79 Å². The Kier molecular flexibility index (Phi) is 6.08. The summed E-state index contributed by atoms with van der Waals surface area (Å²) in [5.74, 6) is 1.62. The third kappa shape index (κ3) is 4.74. The Hall–Kier alpha value is -2.58. The number of nitrogens with two attached hydrogens (primary N) is 1. The maximum Gasteiger partial charge on any atom is 0.252 e. The van der Waals surface area contributed by atoms with Gasteiger partial charge in [0.25, 0.3) is 5.91 Å². The Bertz CT molecular complexity index is 734. The number of methoxy groups -OCH3 is 1. The molecule has 2 heterocycles. The number of hydrogen-bond acceptors (Lipinski definition) is 7. The maximum absolute atomic E-state index is 12.0. The summed E-state index contributed by atoms with van der Waals surface area (Å²) in [6, 6.07) is 5.69. The van der Waals surface area contributed by atoms with E-state index in [4.69, 9.17) is 10.5 Å². The van der Waals surface area contributed by atoms with Crippen LogP contribution in [0.4, 0.5) is 5.82 Å². The number of amides is 1. The van der Waals surface area contributed by atoms with E-state index < -0.39 is 0 Å². The van der Waals surface area contributed by atoms with Crippen LogP contribution in [0.1, 0.15) is 40.6 Å². The maximum atomic E-state index is 12.0. The van der Waals surface area contributed by atoms with E-state index in [1.807, 2.05) is 6.07 Å². The molecule has 0 saturated heterocycles. The van der Waals surface area contributed by atoms with Gasteiger partial charge in [-0.15, -0.1) is 0 Å². The molecule has 0 aromatic carbocycles. The zero-order valence-corrected chi connectivity index (χ0v) is 14.8. The molecule has 0 radical (unpaired) electrons. The second-order valence-electron chi connectivity index (χ2n) is 6.38. The van der Waals surface area contributed by atoms with Crippen molar-refractivity contribution in [3.05, 3.63) is 47.7 Å². The van der Waals surface area contributed by atoms with Gasteiger partial charge in [-0.1, -0.05) is 0 Å². The van der Waals surface area contributed by atoms with Crippen molar-refractivity contribution in [1.82, 2.24) is 20.3 Å². The van der Waals surface area contributed by atoms with Crippen LogP contribution in [-0.4, -0.2) is 47.1 Å². The first kappa shape index (κ1) is 18.2. The zero-order chi connectivity index (χ0) is 18.4. The second-order valence-corrected chi connectivity index (χ2v) is 6.38. The van der Waals surface area contributed by atoms with Gasteiger partial charge in [-0.3, -0.25) is 9.78 Å². The number of carbonyl (C=O) groups excluding carboxylic acids is 1. The van der Waals surface area contributed by atoms with Crippen molar-refractivity contribution in [1.29, 1.82) is 0 Å². The van der Waals surface area contributed by atoms with E-state index in [0.717, 1.165) is 24.4 Å². The number of nitrogens with zero attached hydrogens (tertiary/aromatic N) is 3. The summed E-state index contributed by atoms with van der Waals surface area (Å²) >= 11 is 0. The molecule has 138 valence electrons. The predicted octanol–water partition coefficient (Wildman–Crippen LogP) is 1.06. The highest BCUT2D eigenvalue weighted by Gasteiger charge is 2.29. The van der Waals surface area contributed by atoms with Gasteiger partial charge in [-0.05, 0) is 25.0 Å². The van der Waals surface area contributed by atoms with Crippen LogP contribution in [0.25, 0.3) is 0 Å². The minimum atomic E-state index is -0.146. The van der Waals surface area contributed by atoms with Gasteiger partial charge in [-0.2, -0.15) is 0 Å². The number of hydrogen-bond donors (Lipinski definition) is 3. The third-order valence-corrected chi connectivity index (χ3v) is 4.30. The first-order valence-corrected chi connectivity index (χ1v) is 8.70. The molecule has 8 nitrogen and oxygen atoms in total. The SMILES string of the molecule is COCc1nc(NCCNC(=O)c2cccnc2)cc(C2CC(N)C2)n1. The number of rotatable bonds is 8. The van der Waals surface area contributed by atoms with Crippen molar-refractivity contribution in [3.63, 3.8) is 0 Å². The number of carbonyl (C=O) groups is 1. The summed E-state index contributed by atoms with van der Waals surface area (Å²) < 4.78 is 5.16. The predicted molar refractivity (Wildman–Crippen MR) is 97.8 cm³/mol. The van der Waals surface area contributed by atoms with Crippen LogP contribution in [0.15, 0.2) is 30.6 Å². The Balaban J connectivity index is 1.54. The Morgan fingerprint density at radius 2 is 2.19 bits per heavy atom. The highest BCUT2D eigenvalue weighted by atomic mass is 16.5. The van der Waals surface area contributed by atoms with E-state index in [1.165, 1.54) is 0 Å². The lowest BCUT2D eigenvalue weighted by molar-refractivity contribution is 0.0955. The molecule has 0 atom stereocenters. The Morgan fingerprint density at radius 3 is 2.88 bits per heavy atom. The Labute approximate surface area is 152 Å². The molecule has 0 spiro atoms. The van der Waals surface area contributed by atoms with E-state index >= 15 is 0 Å². The molecule has 26 heavy (non-hydrogen) atoms. The molecule has 2 aromatic rings. The number of pyridine rings is 1. The molecule has 1 aliphatic rings. The first-order chi connectivity index (χ1) is 12.7. The summed E-state index contributed by atoms with van der Waals surface area (Å²) in [6.45, 7) is 1.39. The molecule has 1 saturated carbocycles. The minimum Gasteiger partial charge on any atom is -0.377 e. The summed E-state index contributed by atoms with van der Waals surface area (Å²) in [6.07, 6.45) is 5.07. The van der Waals surface area contributed by atoms with Gasteiger partial charge in [-0.25, -0.2) is 9.97 Å². The topological polar surface area (TPSA) is 115 Å². The van der Waals surface area contributed by atoms with Gasteiger partial charge in [0.15, 0.2) is 5.82 Å². The van der Waals surface area contributed by atoms with Crippen LogP contribution in [0, 0.1) is 0 Å². The van der Waals surface area contributed by atoms with Gasteiger partial charge < -0.3 is 21.1 Å². The lowest BCUT2D eigenvalue weighted by atomic mass is 9.78. The van der Waals surface area contributed by atoms with Crippen LogP contribution < -0.4 is 16.4 Å². The standard InChI is InChI=1S/C18H24N6O2/c1-26-11-17-23-15(13-7-14(19)8-13)9-16(24-17)21-5-6-22-18(25)12-3-2-4-20-10-12/h2-4,9-10,13-14H,5-8,11,19H2,1H3,(H,22,25)(H,21,23,24). The Morgan fingerprint density at radius 1 is 1.35 bits per heavy atom. The summed E-state index contributed by atoms with van der Waals surface area (Å²) in [4.78, 5) is 24.9. The van der Waals surface area contributed by atoms with Gasteiger partial charge >= 0.3 is 0 Å². The normalized spacial score (nSPS) is 18.8. The number of aromatic nitrogens is 3. The molecule has 0 bridgehead atoms. The summed E-state index contributed by atoms with van der Waals surface area (Å²) in [5.41, 5.74) is 7.43. The van der Waals surface area contributed by atoms with Crippen molar-refractivity contribution >= 4 is 11.7 Å². The van der Waals surface area contributed by atoms with E-state index in [1.54, 1.807) is 31.6 Å². The van der Waals surface area contributed by atoms with E-state index in [0.29, 0.717) is 37.0 Å². The summed E-state index contributed by atoms with van der Waals surface area (Å²) in [5, 5.41) is 6.09. The third-order valence-electron chi connectivity index (χ3n) is 4.30. The lowest BCUT2D eigenvalue weighted by Crippen LogP contribution is -2.35. The average Bonchev–Trinajstić information content (AvgIpc) is 2.63. The molecule has 4 N–H and O–H groups in total. The molecule has 1 amide bonds. The monoisotopic (exact) mass is 356 g/mol. The fourth-order valence-electron chi connectivity index (χ4n) is 2.88. The molecular weight excluding hydrogens is 332 g/mol. The van der Waals surface area contributed by atoms with Crippen LogP contribution >= 0.6 is 0 Å². The van der Waals surface area contributed by atoms with E-state index in [2.05, 4.69) is 25.6 Å². The highest BCUT2D eigenvalue weighted by molar-refractivity contribution is 5.93. The second kappa shape index (κ2) is 8.68. The smallest absolute Gasteiger partial charge is 0.252 e. The molecule has 1 fully saturated rings. The largest absolute Gasteiger partial charge is 0.377 e. The number of ether oxygens (including phenoxy) is 1. The molecule has 2 aromatic heterocycles. The van der Waals surface area contributed by atoms with E-state index in [-0.39, 0.29) is 11.9 Å². The number of nitrogens with one attached hydrogen (secondary N) is 2. The van der Waals surface area contributed by atoms with Crippen molar-refractivity contribution in [3.8, 4) is 0 Å². The highest BCUT2D eigenvalue weighted by Crippen LogP contribution is 2.35. The average molecular weight is 356 g/mol. The van der Waals surface area contributed by atoms with Crippen LogP contribution in [0.3, 0.4) is 0 Å². The molecule has 8 heteroatoms. The molecule has 1 aliphatic carbocycles. The number of anilines is 1. The summed E-state index contributed by atoms with van der Waals surface area (Å²) in [7, 11) is 1.62. The molecule has 3 rings (SSSR count). The van der Waals surface area contributed by atoms with Gasteiger partial charge in [0.2, 0.25) is 0 Å². The molecule has 0 aliphatic heterocycles. The lowest BCUT2D eigenvalue weighted by Gasteiger charge is -2.32. The van der Waals surface area contributed by atoms with Crippen LogP contribution in [0.2, 0.25) is 0 Å². The zero-order valence-electron chi connectivity index (χ0n) is 14.8. The molecule has 0 unspecified atom stereocenters. The first-order valence-electron chi connectivity index (χ1n) is 8.70.